The highest BCUT2D eigenvalue weighted by atomic mass is 35.5. The highest BCUT2D eigenvalue weighted by Crippen LogP contribution is 2.69. The number of alkyl halides is 5. The number of nitrogens with two attached hydrogens (primary N) is 1. The molecule has 1 heterocycles. The SMILES string of the molecule is CSC(=O)c1nn(-c2c(Cl)cc(C(F)(F)F)cc2Cl)c(N)c1C1(SC)CC1(F)F. The van der Waals surface area contributed by atoms with E-state index in [-0.39, 0.29) is 22.8 Å². The molecule has 0 aliphatic heterocycles. The van der Waals surface area contributed by atoms with Crippen LogP contribution in [0.1, 0.15) is 28.0 Å². The summed E-state index contributed by atoms with van der Waals surface area (Å²) >= 11 is 13.6. The molecule has 0 spiro atoms. The summed E-state index contributed by atoms with van der Waals surface area (Å²) < 4.78 is 66.4. The van der Waals surface area contributed by atoms with Crippen LogP contribution in [0.15, 0.2) is 12.1 Å². The maximum atomic E-state index is 14.2. The maximum absolute atomic E-state index is 14.2. The molecule has 1 aliphatic rings. The first-order valence-electron chi connectivity index (χ1n) is 7.77. The van der Waals surface area contributed by atoms with Crippen LogP contribution in [0.25, 0.3) is 5.69 Å². The van der Waals surface area contributed by atoms with E-state index in [4.69, 9.17) is 28.9 Å². The second-order valence-electron chi connectivity index (χ2n) is 6.21. The van der Waals surface area contributed by atoms with Crippen LogP contribution in [0.4, 0.5) is 27.8 Å². The number of carbonyl (C=O) groups is 1. The first-order valence-corrected chi connectivity index (χ1v) is 11.0. The second kappa shape index (κ2) is 7.21. The molecule has 1 unspecified atom stereocenters. The van der Waals surface area contributed by atoms with E-state index in [9.17, 15) is 26.7 Å². The number of aromatic nitrogens is 2. The van der Waals surface area contributed by atoms with Crippen molar-refractivity contribution in [3.05, 3.63) is 39.0 Å². The van der Waals surface area contributed by atoms with Gasteiger partial charge in [-0.05, 0) is 24.6 Å². The third kappa shape index (κ3) is 3.49. The van der Waals surface area contributed by atoms with Gasteiger partial charge in [0.1, 0.15) is 21.9 Å². The molecule has 1 saturated carbocycles. The van der Waals surface area contributed by atoms with Crippen molar-refractivity contribution in [2.45, 2.75) is 23.3 Å². The van der Waals surface area contributed by atoms with Gasteiger partial charge in [-0.1, -0.05) is 35.0 Å². The van der Waals surface area contributed by atoms with E-state index in [0.717, 1.165) is 28.2 Å². The lowest BCUT2D eigenvalue weighted by Crippen LogP contribution is -2.16. The first kappa shape index (κ1) is 22.5. The fraction of sp³-hybridized carbons (Fsp3) is 0.375. The highest BCUT2D eigenvalue weighted by molar-refractivity contribution is 8.13. The third-order valence-electron chi connectivity index (χ3n) is 4.54. The maximum Gasteiger partial charge on any atom is 0.416 e. The summed E-state index contributed by atoms with van der Waals surface area (Å²) in [6.45, 7) is 0. The van der Waals surface area contributed by atoms with Crippen molar-refractivity contribution in [2.24, 2.45) is 0 Å². The van der Waals surface area contributed by atoms with Crippen molar-refractivity contribution < 1.29 is 26.7 Å². The molecule has 1 aromatic carbocycles. The van der Waals surface area contributed by atoms with Gasteiger partial charge in [0.05, 0.1) is 15.6 Å². The summed E-state index contributed by atoms with van der Waals surface area (Å²) in [4.78, 5) is 12.4. The van der Waals surface area contributed by atoms with Crippen molar-refractivity contribution in [2.75, 3.05) is 18.2 Å². The number of rotatable bonds is 4. The van der Waals surface area contributed by atoms with Crippen molar-refractivity contribution >= 4 is 57.7 Å². The zero-order chi connectivity index (χ0) is 21.9. The quantitative estimate of drug-likeness (QED) is 0.541. The zero-order valence-electron chi connectivity index (χ0n) is 14.7. The van der Waals surface area contributed by atoms with Crippen LogP contribution >= 0.6 is 46.7 Å². The largest absolute Gasteiger partial charge is 0.416 e. The minimum absolute atomic E-state index is 0.179. The molecule has 0 radical (unpaired) electrons. The lowest BCUT2D eigenvalue weighted by Gasteiger charge is -2.16. The van der Waals surface area contributed by atoms with Gasteiger partial charge in [-0.3, -0.25) is 4.79 Å². The predicted octanol–water partition coefficient (Wildman–Crippen LogP) is 5.88. The Bertz CT molecular complexity index is 988. The monoisotopic (exact) mass is 491 g/mol. The van der Waals surface area contributed by atoms with Gasteiger partial charge in [0, 0.05) is 12.0 Å². The van der Waals surface area contributed by atoms with Crippen molar-refractivity contribution in [1.29, 1.82) is 0 Å². The van der Waals surface area contributed by atoms with Crippen LogP contribution in [0, 0.1) is 0 Å². The molecule has 0 saturated heterocycles. The second-order valence-corrected chi connectivity index (χ2v) is 8.91. The van der Waals surface area contributed by atoms with E-state index in [2.05, 4.69) is 5.10 Å². The number of thioether (sulfide) groups is 2. The molecule has 13 heteroatoms. The van der Waals surface area contributed by atoms with Gasteiger partial charge in [0.15, 0.2) is 0 Å². The Morgan fingerprint density at radius 3 is 2.14 bits per heavy atom. The molecule has 2 N–H and O–H groups in total. The smallest absolute Gasteiger partial charge is 0.383 e. The Kier molecular flexibility index (Phi) is 5.60. The molecule has 158 valence electrons. The van der Waals surface area contributed by atoms with Crippen LogP contribution in [0.5, 0.6) is 0 Å². The van der Waals surface area contributed by atoms with Crippen molar-refractivity contribution in [3.63, 3.8) is 0 Å². The summed E-state index contributed by atoms with van der Waals surface area (Å²) in [5, 5.41) is 2.49. The van der Waals surface area contributed by atoms with Gasteiger partial charge in [-0.15, -0.1) is 11.8 Å². The summed E-state index contributed by atoms with van der Waals surface area (Å²) in [5.41, 5.74) is 4.24. The Labute approximate surface area is 180 Å². The van der Waals surface area contributed by atoms with E-state index in [0.29, 0.717) is 12.1 Å². The normalized spacial score (nSPS) is 20.7. The summed E-state index contributed by atoms with van der Waals surface area (Å²) in [7, 11) is 0. The van der Waals surface area contributed by atoms with Crippen LogP contribution in [0.2, 0.25) is 10.0 Å². The molecule has 2 aromatic rings. The number of benzene rings is 1. The number of hydrogen-bond donors (Lipinski definition) is 1. The molecule has 1 aliphatic carbocycles. The first-order chi connectivity index (χ1) is 13.3. The van der Waals surface area contributed by atoms with Gasteiger partial charge in [-0.25, -0.2) is 13.5 Å². The average molecular weight is 492 g/mol. The number of anilines is 1. The minimum Gasteiger partial charge on any atom is -0.383 e. The topological polar surface area (TPSA) is 60.9 Å². The molecule has 1 fully saturated rings. The molecule has 3 rings (SSSR count). The lowest BCUT2D eigenvalue weighted by molar-refractivity contribution is -0.137. The molecule has 29 heavy (non-hydrogen) atoms. The molecule has 0 amide bonds. The zero-order valence-corrected chi connectivity index (χ0v) is 17.8. The predicted molar refractivity (Wildman–Crippen MR) is 106 cm³/mol. The van der Waals surface area contributed by atoms with Gasteiger partial charge >= 0.3 is 6.18 Å². The molecule has 1 aromatic heterocycles. The average Bonchev–Trinajstić information content (AvgIpc) is 3.02. The Balaban J connectivity index is 2.27. The Hall–Kier alpha value is -1.17. The summed E-state index contributed by atoms with van der Waals surface area (Å²) in [6.07, 6.45) is -2.37. The number of hydrogen-bond acceptors (Lipinski definition) is 5. The van der Waals surface area contributed by atoms with Crippen LogP contribution in [-0.2, 0) is 10.9 Å². The van der Waals surface area contributed by atoms with Crippen LogP contribution in [-0.4, -0.2) is 33.3 Å². The van der Waals surface area contributed by atoms with Gasteiger partial charge in [0.25, 0.3) is 5.92 Å². The molecular weight excluding hydrogens is 480 g/mol. The van der Waals surface area contributed by atoms with Crippen molar-refractivity contribution in [3.8, 4) is 5.69 Å². The van der Waals surface area contributed by atoms with Gasteiger partial charge < -0.3 is 5.73 Å². The fourth-order valence-electron chi connectivity index (χ4n) is 3.03. The summed E-state index contributed by atoms with van der Waals surface area (Å²) in [6, 6.07) is 1.24. The van der Waals surface area contributed by atoms with Gasteiger partial charge in [0.2, 0.25) is 5.12 Å². The Morgan fingerprint density at radius 1 is 1.24 bits per heavy atom. The fourth-order valence-corrected chi connectivity index (χ4v) is 5.05. The van der Waals surface area contributed by atoms with E-state index < -0.39 is 44.0 Å². The third-order valence-corrected chi connectivity index (χ3v) is 7.03. The number of nitrogens with zero attached hydrogens (tertiary/aromatic N) is 2. The molecule has 0 bridgehead atoms. The van der Waals surface area contributed by atoms with E-state index in [1.807, 2.05) is 0 Å². The molecular formula is C16H12Cl2F5N3OS2. The van der Waals surface area contributed by atoms with Crippen LogP contribution in [0.3, 0.4) is 0 Å². The summed E-state index contributed by atoms with van der Waals surface area (Å²) in [5.74, 6) is -3.47. The molecule has 4 nitrogen and oxygen atoms in total. The van der Waals surface area contributed by atoms with E-state index >= 15 is 0 Å². The molecule has 1 atom stereocenters. The van der Waals surface area contributed by atoms with Crippen LogP contribution < -0.4 is 5.73 Å². The van der Waals surface area contributed by atoms with Gasteiger partial charge in [-0.2, -0.15) is 18.3 Å². The Morgan fingerprint density at radius 2 is 1.76 bits per heavy atom. The number of nitrogen functional groups attached to an aromatic ring is 1. The standard InChI is InChI=1S/C16H12Cl2F5N3OS2/c1-28-13(27)10-9(14(29-2)5-15(14,19)20)12(24)26(25-10)11-7(17)3-6(4-8(11)18)16(21,22)23/h3-4H,5,24H2,1-2H3. The van der Waals surface area contributed by atoms with E-state index in [1.54, 1.807) is 0 Å². The highest BCUT2D eigenvalue weighted by Gasteiger charge is 2.74. The number of halogens is 7. The van der Waals surface area contributed by atoms with E-state index in [1.165, 1.54) is 12.5 Å². The van der Waals surface area contributed by atoms with Crippen molar-refractivity contribution in [1.82, 2.24) is 9.78 Å². The lowest BCUT2D eigenvalue weighted by atomic mass is 10.1. The minimum atomic E-state index is -4.70. The number of carbonyl (C=O) groups excluding carboxylic acids is 1.